The monoisotopic (exact) mass is 559 g/mol. The Morgan fingerprint density at radius 2 is 1.80 bits per heavy atom. The maximum Gasteiger partial charge on any atom is 0.282 e. The number of carbonyl (C=O) groups excluding carboxylic acids is 1. The smallest absolute Gasteiger partial charge is 0.282 e. The quantitative estimate of drug-likeness (QED) is 0.432. The van der Waals surface area contributed by atoms with Crippen LogP contribution in [0.15, 0.2) is 71.9 Å². The molecule has 4 heterocycles. The number of imidazole rings is 1. The molecule has 1 aromatic heterocycles. The van der Waals surface area contributed by atoms with E-state index in [0.29, 0.717) is 22.8 Å². The average molecular weight is 560 g/mol. The summed E-state index contributed by atoms with van der Waals surface area (Å²) in [7, 11) is 0. The van der Waals surface area contributed by atoms with Gasteiger partial charge in [-0.25, -0.2) is 14.4 Å². The van der Waals surface area contributed by atoms with Crippen LogP contribution in [0.5, 0.6) is 0 Å². The van der Waals surface area contributed by atoms with Crippen molar-refractivity contribution in [3.63, 3.8) is 0 Å². The lowest BCUT2D eigenvalue weighted by Gasteiger charge is -2.40. The minimum absolute atomic E-state index is 0.0589. The van der Waals surface area contributed by atoms with Gasteiger partial charge in [0.2, 0.25) is 12.2 Å². The van der Waals surface area contributed by atoms with E-state index >= 15 is 0 Å². The van der Waals surface area contributed by atoms with Gasteiger partial charge < -0.3 is 29.4 Å². The second-order valence-electron chi connectivity index (χ2n) is 10.9. The topological polar surface area (TPSA) is 101 Å². The molecule has 0 radical (unpaired) electrons. The second-order valence-corrected chi connectivity index (χ2v) is 10.9. The fourth-order valence-electron chi connectivity index (χ4n) is 5.37. The predicted octanol–water partition coefficient (Wildman–Crippen LogP) is 4.79. The number of piperidine rings is 1. The van der Waals surface area contributed by atoms with E-state index in [2.05, 4.69) is 15.3 Å². The number of rotatable bonds is 7. The molecular formula is C31H34FN5O4. The van der Waals surface area contributed by atoms with Crippen LogP contribution in [0.3, 0.4) is 0 Å². The number of H-pyrrole nitrogens is 1. The Kier molecular flexibility index (Phi) is 7.70. The Hall–Kier alpha value is -3.86. The summed E-state index contributed by atoms with van der Waals surface area (Å²) in [6.07, 6.45) is 7.53. The third-order valence-corrected chi connectivity index (χ3v) is 7.68. The first kappa shape index (κ1) is 27.3. The minimum atomic E-state index is -1.34. The number of amides is 1. The van der Waals surface area contributed by atoms with E-state index in [1.165, 1.54) is 12.1 Å². The molecule has 6 rings (SSSR count). The van der Waals surface area contributed by atoms with Crippen molar-refractivity contribution in [3.8, 4) is 11.3 Å². The van der Waals surface area contributed by atoms with Crippen LogP contribution in [0.2, 0.25) is 0 Å². The lowest BCUT2D eigenvalue weighted by molar-refractivity contribution is -0.234. The molecule has 3 aromatic rings. The van der Waals surface area contributed by atoms with E-state index in [-0.39, 0.29) is 31.5 Å². The number of halogens is 1. The third-order valence-electron chi connectivity index (χ3n) is 7.68. The van der Waals surface area contributed by atoms with Gasteiger partial charge in [-0.2, -0.15) is 0 Å². The van der Waals surface area contributed by atoms with Gasteiger partial charge in [0, 0.05) is 31.1 Å². The van der Waals surface area contributed by atoms with Gasteiger partial charge in [-0.1, -0.05) is 30.3 Å². The molecule has 1 amide bonds. The Labute approximate surface area is 238 Å². The molecular weight excluding hydrogens is 525 g/mol. The SMILES string of the molecule is CC1(C(=O)N2CCCCC2)COC(c2nc(-c3ccc(F)cc3)c(C3(OCc4ccccc4)N=CC=CN3)[nH]2)OC1. The molecule has 214 valence electrons. The molecule has 0 aliphatic carbocycles. The highest BCUT2D eigenvalue weighted by molar-refractivity contribution is 5.83. The normalized spacial score (nSPS) is 26.1. The highest BCUT2D eigenvalue weighted by Gasteiger charge is 2.44. The molecule has 1 atom stereocenters. The lowest BCUT2D eigenvalue weighted by Crippen LogP contribution is -2.51. The summed E-state index contributed by atoms with van der Waals surface area (Å²) < 4.78 is 32.5. The predicted molar refractivity (Wildman–Crippen MR) is 151 cm³/mol. The number of nitrogens with one attached hydrogen (secondary N) is 2. The van der Waals surface area contributed by atoms with Gasteiger partial charge in [0.05, 0.1) is 30.9 Å². The van der Waals surface area contributed by atoms with Gasteiger partial charge in [0.25, 0.3) is 5.85 Å². The Bertz CT molecular complexity index is 1410. The van der Waals surface area contributed by atoms with Gasteiger partial charge >= 0.3 is 0 Å². The van der Waals surface area contributed by atoms with E-state index < -0.39 is 17.6 Å². The van der Waals surface area contributed by atoms with Crippen molar-refractivity contribution in [1.82, 2.24) is 20.2 Å². The molecule has 10 heteroatoms. The van der Waals surface area contributed by atoms with E-state index in [1.807, 2.05) is 42.2 Å². The van der Waals surface area contributed by atoms with Crippen molar-refractivity contribution >= 4 is 12.1 Å². The summed E-state index contributed by atoms with van der Waals surface area (Å²) in [5.41, 5.74) is 1.89. The zero-order chi connectivity index (χ0) is 28.3. The number of aliphatic imine (C=N–C) groups is 1. The summed E-state index contributed by atoms with van der Waals surface area (Å²) in [5.74, 6) is -1.23. The largest absolute Gasteiger partial charge is 0.345 e. The number of hydrogen-bond donors (Lipinski definition) is 2. The number of ether oxygens (including phenoxy) is 3. The van der Waals surface area contributed by atoms with Crippen LogP contribution in [-0.4, -0.2) is 53.3 Å². The molecule has 3 aliphatic heterocycles. The Morgan fingerprint density at radius 3 is 2.49 bits per heavy atom. The molecule has 2 saturated heterocycles. The first-order valence-electron chi connectivity index (χ1n) is 14.0. The number of benzene rings is 2. The maximum atomic E-state index is 13.8. The van der Waals surface area contributed by atoms with Gasteiger partial charge in [0.15, 0.2) is 5.82 Å². The van der Waals surface area contributed by atoms with Crippen LogP contribution in [0.4, 0.5) is 4.39 Å². The van der Waals surface area contributed by atoms with Crippen molar-refractivity contribution in [1.29, 1.82) is 0 Å². The number of aromatic nitrogens is 2. The van der Waals surface area contributed by atoms with Crippen LogP contribution in [0, 0.1) is 11.2 Å². The van der Waals surface area contributed by atoms with E-state index in [9.17, 15) is 9.18 Å². The first-order chi connectivity index (χ1) is 20.0. The molecule has 0 saturated carbocycles. The molecule has 0 spiro atoms. The highest BCUT2D eigenvalue weighted by Crippen LogP contribution is 2.38. The summed E-state index contributed by atoms with van der Waals surface area (Å²) in [6.45, 7) is 4.09. The van der Waals surface area contributed by atoms with Gasteiger partial charge in [-0.15, -0.1) is 0 Å². The van der Waals surface area contributed by atoms with Crippen molar-refractivity contribution in [2.24, 2.45) is 10.4 Å². The van der Waals surface area contributed by atoms with Crippen LogP contribution < -0.4 is 5.32 Å². The van der Waals surface area contributed by atoms with E-state index in [4.69, 9.17) is 19.2 Å². The third kappa shape index (κ3) is 5.68. The summed E-state index contributed by atoms with van der Waals surface area (Å²) in [5, 5.41) is 3.24. The standard InChI is InChI=1S/C31H34FN5O4/c1-30(29(38)37-17-6-3-7-18-37)20-39-28(40-21-30)27-35-25(23-11-13-24(32)14-12-23)26(36-27)31(33-15-8-16-34-31)41-19-22-9-4-2-5-10-22/h2,4-5,8-16,28,33H,3,6-7,17-21H2,1H3,(H,35,36). The van der Waals surface area contributed by atoms with Gasteiger partial charge in [-0.3, -0.25) is 4.79 Å². The summed E-state index contributed by atoms with van der Waals surface area (Å²) in [4.78, 5) is 28.1. The molecule has 1 unspecified atom stereocenters. The molecule has 3 aliphatic rings. The van der Waals surface area contributed by atoms with Crippen LogP contribution in [0.1, 0.15) is 49.6 Å². The van der Waals surface area contributed by atoms with Crippen molar-refractivity contribution in [2.75, 3.05) is 26.3 Å². The van der Waals surface area contributed by atoms with E-state index in [0.717, 1.165) is 37.9 Å². The first-order valence-corrected chi connectivity index (χ1v) is 14.0. The van der Waals surface area contributed by atoms with Crippen molar-refractivity contribution < 1.29 is 23.4 Å². The van der Waals surface area contributed by atoms with Gasteiger partial charge in [-0.05, 0) is 62.1 Å². The zero-order valence-electron chi connectivity index (χ0n) is 23.0. The lowest BCUT2D eigenvalue weighted by atomic mass is 9.89. The second kappa shape index (κ2) is 11.6. The maximum absolute atomic E-state index is 13.8. The molecule has 41 heavy (non-hydrogen) atoms. The fraction of sp³-hybridized carbons (Fsp3) is 0.387. The Morgan fingerprint density at radius 1 is 1.07 bits per heavy atom. The number of nitrogens with zero attached hydrogens (tertiary/aromatic N) is 3. The molecule has 2 N–H and O–H groups in total. The average Bonchev–Trinajstić information content (AvgIpc) is 3.48. The number of aromatic amines is 1. The summed E-state index contributed by atoms with van der Waals surface area (Å²) >= 11 is 0. The van der Waals surface area contributed by atoms with Crippen LogP contribution in [0.25, 0.3) is 11.3 Å². The van der Waals surface area contributed by atoms with Crippen molar-refractivity contribution in [3.05, 3.63) is 89.8 Å². The minimum Gasteiger partial charge on any atom is -0.345 e. The summed E-state index contributed by atoms with van der Waals surface area (Å²) in [6, 6.07) is 15.9. The van der Waals surface area contributed by atoms with Crippen molar-refractivity contribution in [2.45, 2.75) is 44.9 Å². The number of likely N-dealkylation sites (tertiary alicyclic amines) is 1. The fourth-order valence-corrected chi connectivity index (χ4v) is 5.37. The molecule has 2 aromatic carbocycles. The van der Waals surface area contributed by atoms with Crippen LogP contribution >= 0.6 is 0 Å². The number of allylic oxidation sites excluding steroid dienone is 1. The van der Waals surface area contributed by atoms with Gasteiger partial charge in [0.1, 0.15) is 11.5 Å². The number of hydrogen-bond acceptors (Lipinski definition) is 7. The molecule has 0 bridgehead atoms. The van der Waals surface area contributed by atoms with E-state index in [1.54, 1.807) is 30.6 Å². The zero-order valence-corrected chi connectivity index (χ0v) is 23.0. The molecule has 9 nitrogen and oxygen atoms in total. The highest BCUT2D eigenvalue weighted by atomic mass is 19.1. The van der Waals surface area contributed by atoms with Crippen LogP contribution in [-0.2, 0) is 31.5 Å². The molecule has 2 fully saturated rings. The Balaban J connectivity index is 1.30. The number of carbonyl (C=O) groups is 1.